The van der Waals surface area contributed by atoms with Crippen LogP contribution >= 0.6 is 0 Å². The predicted molar refractivity (Wildman–Crippen MR) is 49.6 cm³/mol. The molecule has 0 fully saturated rings. The monoisotopic (exact) mass is 175 g/mol. The van der Waals surface area contributed by atoms with Gasteiger partial charge in [-0.2, -0.15) is 4.86 Å². The van der Waals surface area contributed by atoms with Gasteiger partial charge in [-0.3, -0.25) is 0 Å². The number of hydrogen-bond donors (Lipinski definition) is 0. The number of carbonyl (C=O) groups is 1. The van der Waals surface area contributed by atoms with E-state index in [9.17, 15) is 9.00 Å². The number of rotatable bonds is 5. The molecule has 0 radical (unpaired) electrons. The molecule has 0 bridgehead atoms. The summed E-state index contributed by atoms with van der Waals surface area (Å²) in [4.78, 5) is 11.0. The molecule has 0 atom stereocenters. The van der Waals surface area contributed by atoms with Crippen LogP contribution in [0.15, 0.2) is 0 Å². The average molecular weight is 175 g/mol. The summed E-state index contributed by atoms with van der Waals surface area (Å²) in [6.45, 7) is 4.02. The zero-order chi connectivity index (χ0) is 8.69. The number of hydrogen-bond acceptors (Lipinski definition) is 3. The third-order valence-corrected chi connectivity index (χ3v) is 2.81. The van der Waals surface area contributed by atoms with E-state index in [2.05, 4.69) is 6.92 Å². The van der Waals surface area contributed by atoms with E-state index < -0.39 is 10.4 Å². The molecule has 0 aliphatic carbocycles. The fourth-order valence-corrected chi connectivity index (χ4v) is 1.63. The molecule has 0 amide bonds. The van der Waals surface area contributed by atoms with Gasteiger partial charge in [0, 0.05) is 0 Å². The van der Waals surface area contributed by atoms with Crippen LogP contribution in [0.1, 0.15) is 39.5 Å². The van der Waals surface area contributed by atoms with Gasteiger partial charge in [-0.05, 0) is 0 Å². The lowest BCUT2D eigenvalue weighted by Crippen LogP contribution is -2.01. The summed E-state index contributed by atoms with van der Waals surface area (Å²) in [5, 5.41) is 0. The first-order chi connectivity index (χ1) is 5.26. The normalized spacial score (nSPS) is 14.2. The Morgan fingerprint density at radius 1 is 1.45 bits per heavy atom. The van der Waals surface area contributed by atoms with Crippen LogP contribution in [0.25, 0.3) is 0 Å². The zero-order valence-corrected chi connectivity index (χ0v) is 7.95. The largest absolute Gasteiger partial charge is 0.455 e. The molecule has 0 aromatic heterocycles. The van der Waals surface area contributed by atoms with Gasteiger partial charge in [0.25, 0.3) is 0 Å². The molecule has 66 valence electrons. The summed E-state index contributed by atoms with van der Waals surface area (Å²) < 4.78 is 11.0. The SMILES string of the molecule is CCCCC(CC)=[S-](=O)C=O. The van der Waals surface area contributed by atoms with Gasteiger partial charge in [0.1, 0.15) is 0 Å². The van der Waals surface area contributed by atoms with Crippen molar-refractivity contribution in [2.24, 2.45) is 0 Å². The highest BCUT2D eigenvalue weighted by molar-refractivity contribution is 7.97. The van der Waals surface area contributed by atoms with Gasteiger partial charge in [-0.1, -0.05) is 39.5 Å². The fourth-order valence-electron chi connectivity index (χ4n) is 0.862. The van der Waals surface area contributed by atoms with Crippen LogP contribution in [0.3, 0.4) is 0 Å². The Bertz CT molecular complexity index is 190. The van der Waals surface area contributed by atoms with Crippen LogP contribution in [-0.2, 0) is 19.4 Å². The van der Waals surface area contributed by atoms with Gasteiger partial charge in [0.05, 0.1) is 5.62 Å². The van der Waals surface area contributed by atoms with Crippen molar-refractivity contribution in [3.8, 4) is 0 Å². The molecule has 0 spiro atoms. The summed E-state index contributed by atoms with van der Waals surface area (Å²) in [7, 11) is -1.33. The van der Waals surface area contributed by atoms with E-state index in [0.29, 0.717) is 5.62 Å². The summed E-state index contributed by atoms with van der Waals surface area (Å²) in [6.07, 6.45) is 3.70. The van der Waals surface area contributed by atoms with Crippen molar-refractivity contribution < 1.29 is 9.00 Å². The average Bonchev–Trinajstić information content (AvgIpc) is 2.05. The Morgan fingerprint density at radius 3 is 2.45 bits per heavy atom. The lowest BCUT2D eigenvalue weighted by Gasteiger charge is -2.08. The van der Waals surface area contributed by atoms with Gasteiger partial charge in [0.15, 0.2) is 0 Å². The highest BCUT2D eigenvalue weighted by Crippen LogP contribution is 1.99. The van der Waals surface area contributed by atoms with Crippen molar-refractivity contribution in [3.63, 3.8) is 0 Å². The molecular formula is C8H15O2S-. The number of unbranched alkanes of at least 4 members (excludes halogenated alkanes) is 1. The van der Waals surface area contributed by atoms with Gasteiger partial charge in [-0.15, -0.1) is 0 Å². The van der Waals surface area contributed by atoms with E-state index in [1.54, 1.807) is 0 Å². The molecule has 0 aliphatic heterocycles. The van der Waals surface area contributed by atoms with Crippen molar-refractivity contribution >= 4 is 20.9 Å². The molecule has 0 aromatic carbocycles. The van der Waals surface area contributed by atoms with Crippen LogP contribution in [0.4, 0.5) is 0 Å². The fraction of sp³-hybridized carbons (Fsp3) is 0.750. The topological polar surface area (TPSA) is 34.1 Å². The molecule has 0 N–H and O–H groups in total. The van der Waals surface area contributed by atoms with Gasteiger partial charge < -0.3 is 9.00 Å². The lowest BCUT2D eigenvalue weighted by atomic mass is 10.2. The molecule has 0 rings (SSSR count). The smallest absolute Gasteiger partial charge is 0.0561 e. The summed E-state index contributed by atoms with van der Waals surface area (Å²) >= 11 is 0. The van der Waals surface area contributed by atoms with E-state index in [-0.39, 0.29) is 0 Å². The third-order valence-electron chi connectivity index (χ3n) is 1.58. The highest BCUT2D eigenvalue weighted by atomic mass is 32.2. The zero-order valence-electron chi connectivity index (χ0n) is 7.13. The molecule has 3 heteroatoms. The minimum absolute atomic E-state index is 0.522. The van der Waals surface area contributed by atoms with Crippen molar-refractivity contribution in [1.82, 2.24) is 0 Å². The van der Waals surface area contributed by atoms with Crippen LogP contribution in [0.2, 0.25) is 0 Å². The summed E-state index contributed by atoms with van der Waals surface area (Å²) in [5.74, 6) is 0. The second-order valence-electron chi connectivity index (χ2n) is 2.39. The van der Waals surface area contributed by atoms with E-state index in [1.165, 1.54) is 0 Å². The van der Waals surface area contributed by atoms with E-state index in [0.717, 1.165) is 30.5 Å². The Morgan fingerprint density at radius 2 is 2.09 bits per heavy atom. The van der Waals surface area contributed by atoms with Crippen molar-refractivity contribution in [1.29, 1.82) is 0 Å². The molecule has 0 aliphatic rings. The summed E-state index contributed by atoms with van der Waals surface area (Å²) in [5.41, 5.74) is 0.522. The van der Waals surface area contributed by atoms with Crippen molar-refractivity contribution in [3.05, 3.63) is 0 Å². The molecule has 0 saturated carbocycles. The highest BCUT2D eigenvalue weighted by Gasteiger charge is 1.87. The number of carbonyl (C=O) groups excluding carboxylic acids is 1. The molecular weight excluding hydrogens is 160 g/mol. The van der Waals surface area contributed by atoms with E-state index >= 15 is 0 Å². The van der Waals surface area contributed by atoms with Crippen LogP contribution in [0, 0.1) is 0 Å². The second kappa shape index (κ2) is 6.40. The molecule has 0 aromatic rings. The van der Waals surface area contributed by atoms with Crippen LogP contribution in [-0.4, -0.2) is 10.5 Å². The Balaban J connectivity index is 4.15. The molecule has 0 saturated heterocycles. The van der Waals surface area contributed by atoms with Crippen LogP contribution < -0.4 is 0 Å². The van der Waals surface area contributed by atoms with Gasteiger partial charge in [-0.25, -0.2) is 10.4 Å². The summed E-state index contributed by atoms with van der Waals surface area (Å²) in [6, 6.07) is 0. The third kappa shape index (κ3) is 4.19. The maximum Gasteiger partial charge on any atom is 0.0561 e. The molecule has 0 unspecified atom stereocenters. The molecule has 2 nitrogen and oxygen atoms in total. The quantitative estimate of drug-likeness (QED) is 0.363. The maximum atomic E-state index is 11.0. The minimum Gasteiger partial charge on any atom is -0.455 e. The Hall–Kier alpha value is -0.310. The van der Waals surface area contributed by atoms with Gasteiger partial charge in [0.2, 0.25) is 0 Å². The van der Waals surface area contributed by atoms with Crippen molar-refractivity contribution in [2.75, 3.05) is 0 Å². The maximum absolute atomic E-state index is 11.0. The first-order valence-corrected chi connectivity index (χ1v) is 5.18. The molecule has 0 heterocycles. The standard InChI is InChI=1S/C8H15O2S/c1-3-5-6-8(4-2)11(10)7-9/h7H,3-6H2,1-2H3/q-1. The Kier molecular flexibility index (Phi) is 6.22. The molecule has 11 heavy (non-hydrogen) atoms. The van der Waals surface area contributed by atoms with E-state index in [4.69, 9.17) is 0 Å². The first kappa shape index (κ1) is 10.7. The van der Waals surface area contributed by atoms with Crippen LogP contribution in [0.5, 0.6) is 0 Å². The minimum atomic E-state index is -1.33. The second-order valence-corrected chi connectivity index (χ2v) is 3.75. The predicted octanol–water partition coefficient (Wildman–Crippen LogP) is 1.91. The van der Waals surface area contributed by atoms with Crippen molar-refractivity contribution in [2.45, 2.75) is 39.5 Å². The van der Waals surface area contributed by atoms with E-state index in [1.807, 2.05) is 6.92 Å². The lowest BCUT2D eigenvalue weighted by molar-refractivity contribution is 0.563. The Labute approximate surface area is 70.0 Å². The first-order valence-electron chi connectivity index (χ1n) is 3.96. The van der Waals surface area contributed by atoms with Gasteiger partial charge >= 0.3 is 0 Å².